The molecule has 4 aliphatic rings. The lowest BCUT2D eigenvalue weighted by Gasteiger charge is -2.54. The Bertz CT molecular complexity index is 849. The first kappa shape index (κ1) is 23.8. The van der Waals surface area contributed by atoms with Gasteiger partial charge in [0.2, 0.25) is 11.8 Å². The maximum absolute atomic E-state index is 13.3. The van der Waals surface area contributed by atoms with E-state index in [2.05, 4.69) is 29.6 Å². The maximum atomic E-state index is 13.3. The molecule has 2 amide bonds. The summed E-state index contributed by atoms with van der Waals surface area (Å²) in [6.45, 7) is 7.25. The van der Waals surface area contributed by atoms with E-state index in [1.165, 1.54) is 32.1 Å². The van der Waals surface area contributed by atoms with E-state index >= 15 is 0 Å². The van der Waals surface area contributed by atoms with Crippen molar-refractivity contribution in [1.29, 1.82) is 0 Å². The Labute approximate surface area is 196 Å². The molecule has 0 aromatic carbocycles. The second kappa shape index (κ2) is 10.3. The lowest BCUT2D eigenvalue weighted by atomic mass is 9.54. The molecule has 0 spiro atoms. The third kappa shape index (κ3) is 5.42. The van der Waals surface area contributed by atoms with Crippen molar-refractivity contribution in [2.75, 3.05) is 19.7 Å². The van der Waals surface area contributed by atoms with E-state index in [0.29, 0.717) is 48.9 Å². The number of nitrogens with zero attached hydrogens (tertiary/aromatic N) is 2. The number of nitrogens with one attached hydrogen (secondary N) is 2. The van der Waals surface area contributed by atoms with Crippen LogP contribution in [0.2, 0.25) is 0 Å². The van der Waals surface area contributed by atoms with Gasteiger partial charge in [-0.25, -0.2) is 4.68 Å². The predicted octanol–water partition coefficient (Wildman–Crippen LogP) is 2.65. The number of hydrogen-bond acceptors (Lipinski definition) is 5. The molecule has 4 aliphatic carbocycles. The molecule has 1 aromatic heterocycles. The Morgan fingerprint density at radius 3 is 2.45 bits per heavy atom. The molecule has 5 rings (SSSR count). The van der Waals surface area contributed by atoms with Gasteiger partial charge in [-0.2, -0.15) is 5.10 Å². The van der Waals surface area contributed by atoms with Gasteiger partial charge in [-0.15, -0.1) is 0 Å². The van der Waals surface area contributed by atoms with E-state index in [4.69, 9.17) is 10.5 Å². The van der Waals surface area contributed by atoms with Gasteiger partial charge in [0.25, 0.3) is 5.91 Å². The summed E-state index contributed by atoms with van der Waals surface area (Å²) >= 11 is 0. The summed E-state index contributed by atoms with van der Waals surface area (Å²) in [6, 6.07) is 0.258. The molecule has 4 fully saturated rings. The van der Waals surface area contributed by atoms with Crippen LogP contribution in [0.25, 0.3) is 6.20 Å². The van der Waals surface area contributed by atoms with Crippen LogP contribution < -0.4 is 21.1 Å². The molecule has 0 radical (unpaired) electrons. The van der Waals surface area contributed by atoms with Gasteiger partial charge in [-0.05, 0) is 61.7 Å². The van der Waals surface area contributed by atoms with E-state index in [-0.39, 0.29) is 23.8 Å². The first-order valence-electron chi connectivity index (χ1n) is 12.5. The van der Waals surface area contributed by atoms with Crippen molar-refractivity contribution in [2.24, 2.45) is 41.2 Å². The molecular formula is C25H39N5O3. The van der Waals surface area contributed by atoms with Crippen molar-refractivity contribution in [3.63, 3.8) is 0 Å². The second-order valence-corrected chi connectivity index (χ2v) is 10.7. The molecule has 0 saturated heterocycles. The molecule has 4 saturated carbocycles. The van der Waals surface area contributed by atoms with Gasteiger partial charge in [-0.3, -0.25) is 9.59 Å². The third-order valence-corrected chi connectivity index (χ3v) is 7.45. The number of ether oxygens (including phenoxy) is 1. The number of nitrogens with two attached hydrogens (primary N) is 1. The van der Waals surface area contributed by atoms with E-state index in [9.17, 15) is 9.59 Å². The molecule has 8 heteroatoms. The van der Waals surface area contributed by atoms with Gasteiger partial charge in [0.15, 0.2) is 0 Å². The van der Waals surface area contributed by atoms with Crippen molar-refractivity contribution in [1.82, 2.24) is 20.4 Å². The average molecular weight is 458 g/mol. The minimum Gasteiger partial charge on any atom is -0.477 e. The molecule has 4 bridgehead atoms. The summed E-state index contributed by atoms with van der Waals surface area (Å²) in [4.78, 5) is 25.5. The molecule has 1 heterocycles. The molecule has 1 unspecified atom stereocenters. The van der Waals surface area contributed by atoms with Crippen LogP contribution >= 0.6 is 0 Å². The Kier molecular flexibility index (Phi) is 7.41. The highest BCUT2D eigenvalue weighted by Crippen LogP contribution is 2.53. The average Bonchev–Trinajstić information content (AvgIpc) is 3.19. The van der Waals surface area contributed by atoms with Gasteiger partial charge in [0, 0.05) is 25.3 Å². The number of hydrogen-bond donors (Lipinski definition) is 3. The fraction of sp³-hybridized carbons (Fsp3) is 0.720. The van der Waals surface area contributed by atoms with Gasteiger partial charge < -0.3 is 21.1 Å². The molecule has 4 N–H and O–H groups in total. The highest BCUT2D eigenvalue weighted by Gasteiger charge is 2.48. The molecular weight excluding hydrogens is 418 g/mol. The minimum atomic E-state index is -0.357. The highest BCUT2D eigenvalue weighted by molar-refractivity contribution is 5.96. The second-order valence-electron chi connectivity index (χ2n) is 10.7. The largest absolute Gasteiger partial charge is 0.477 e. The quantitative estimate of drug-likeness (QED) is 0.500. The standard InChI is InChI=1S/C25H39N5O3/c1-15(2)14-33-25-21(13-28-30(25)7-4-16(3)23(31)27-6-5-26)24(32)29-22-19-9-17-8-18(11-19)12-20(22)10-17/h4,7,13,15-20,22H,5-6,8-12,14,26H2,1-3H3,(H,27,31)(H,29,32). The first-order chi connectivity index (χ1) is 15.9. The van der Waals surface area contributed by atoms with Gasteiger partial charge >= 0.3 is 0 Å². The Hall–Kier alpha value is -2.35. The lowest BCUT2D eigenvalue weighted by molar-refractivity contribution is -0.123. The smallest absolute Gasteiger partial charge is 0.258 e. The molecule has 33 heavy (non-hydrogen) atoms. The van der Waals surface area contributed by atoms with Crippen LogP contribution in [-0.2, 0) is 4.79 Å². The topological polar surface area (TPSA) is 111 Å². The van der Waals surface area contributed by atoms with Crippen LogP contribution in [0.4, 0.5) is 0 Å². The fourth-order valence-electron chi connectivity index (χ4n) is 6.05. The van der Waals surface area contributed by atoms with E-state index < -0.39 is 0 Å². The summed E-state index contributed by atoms with van der Waals surface area (Å²) in [7, 11) is 0. The summed E-state index contributed by atoms with van der Waals surface area (Å²) < 4.78 is 7.58. The number of rotatable bonds is 10. The molecule has 182 valence electrons. The summed E-state index contributed by atoms with van der Waals surface area (Å²) in [5, 5.41) is 10.5. The van der Waals surface area contributed by atoms with Crippen LogP contribution in [0, 0.1) is 35.5 Å². The summed E-state index contributed by atoms with van der Waals surface area (Å²) in [5.41, 5.74) is 5.91. The molecule has 1 aromatic rings. The van der Waals surface area contributed by atoms with Crippen molar-refractivity contribution in [2.45, 2.75) is 58.9 Å². The zero-order valence-corrected chi connectivity index (χ0v) is 20.1. The minimum absolute atomic E-state index is 0.103. The number of amides is 2. The van der Waals surface area contributed by atoms with Crippen LogP contribution in [0.3, 0.4) is 0 Å². The van der Waals surface area contributed by atoms with E-state index in [1.807, 2.05) is 0 Å². The lowest BCUT2D eigenvalue weighted by Crippen LogP contribution is -2.55. The van der Waals surface area contributed by atoms with Gasteiger partial charge in [0.05, 0.1) is 18.7 Å². The van der Waals surface area contributed by atoms with E-state index in [1.54, 1.807) is 30.1 Å². The molecule has 1 atom stereocenters. The maximum Gasteiger partial charge on any atom is 0.258 e. The Balaban J connectivity index is 1.48. The van der Waals surface area contributed by atoms with Crippen LogP contribution in [-0.4, -0.2) is 47.3 Å². The highest BCUT2D eigenvalue weighted by atomic mass is 16.5. The Morgan fingerprint density at radius 1 is 1.18 bits per heavy atom. The van der Waals surface area contributed by atoms with Crippen LogP contribution in [0.15, 0.2) is 12.3 Å². The zero-order valence-electron chi connectivity index (χ0n) is 20.1. The van der Waals surface area contributed by atoms with Gasteiger partial charge in [0.1, 0.15) is 5.56 Å². The van der Waals surface area contributed by atoms with Crippen molar-refractivity contribution >= 4 is 18.0 Å². The summed E-state index contributed by atoms with van der Waals surface area (Å²) in [6.07, 6.45) is 11.4. The SMILES string of the molecule is CC(C)COc1c(C(=O)NC2C3CC4CC(C3)CC2C4)cnn1C=CC(C)C(=O)NCCN. The first-order valence-corrected chi connectivity index (χ1v) is 12.5. The summed E-state index contributed by atoms with van der Waals surface area (Å²) in [5.74, 6) is 3.10. The normalized spacial score (nSPS) is 28.9. The molecule has 0 aliphatic heterocycles. The van der Waals surface area contributed by atoms with Gasteiger partial charge in [-0.1, -0.05) is 26.8 Å². The predicted molar refractivity (Wildman–Crippen MR) is 127 cm³/mol. The van der Waals surface area contributed by atoms with Crippen molar-refractivity contribution < 1.29 is 14.3 Å². The molecule has 8 nitrogen and oxygen atoms in total. The van der Waals surface area contributed by atoms with Crippen molar-refractivity contribution in [3.05, 3.63) is 17.8 Å². The third-order valence-electron chi connectivity index (χ3n) is 7.45. The van der Waals surface area contributed by atoms with Crippen molar-refractivity contribution in [3.8, 4) is 5.88 Å². The number of aromatic nitrogens is 2. The number of carbonyl (C=O) groups excluding carboxylic acids is 2. The fourth-order valence-corrected chi connectivity index (χ4v) is 6.05. The zero-order chi connectivity index (χ0) is 23.5. The number of carbonyl (C=O) groups is 2. The van der Waals surface area contributed by atoms with E-state index in [0.717, 1.165) is 11.8 Å². The van der Waals surface area contributed by atoms with Crippen LogP contribution in [0.1, 0.15) is 63.2 Å². The Morgan fingerprint density at radius 2 is 1.85 bits per heavy atom. The monoisotopic (exact) mass is 457 g/mol. The van der Waals surface area contributed by atoms with Crippen LogP contribution in [0.5, 0.6) is 5.88 Å².